The van der Waals surface area contributed by atoms with Gasteiger partial charge in [0.05, 0.1) is 31.3 Å². The number of hydrogen-bond donors (Lipinski definition) is 4. The van der Waals surface area contributed by atoms with Crippen LogP contribution in [0.15, 0.2) is 42.7 Å². The van der Waals surface area contributed by atoms with Crippen LogP contribution in [0.2, 0.25) is 0 Å². The maximum atomic E-state index is 13.8. The largest absolute Gasteiger partial charge is 0.465 e. The predicted octanol–water partition coefficient (Wildman–Crippen LogP) is 2.90. The van der Waals surface area contributed by atoms with Crippen molar-refractivity contribution < 1.29 is 28.3 Å². The third kappa shape index (κ3) is 5.88. The molecular formula is C24H33N6O6P. The number of hydrogen-bond acceptors (Lipinski definition) is 10. The summed E-state index contributed by atoms with van der Waals surface area (Å²) in [6, 6.07) is 8.77. The molecule has 1 aliphatic rings. The number of fused-ring (bicyclic) bond motifs is 1. The number of para-hydroxylation sites is 1. The number of ether oxygens (including phenoxy) is 1. The lowest BCUT2D eigenvalue weighted by atomic mass is 10.0. The molecular weight excluding hydrogens is 499 g/mol. The Bertz CT molecular complexity index is 1290. The van der Waals surface area contributed by atoms with Gasteiger partial charge in [0.1, 0.15) is 23.1 Å². The van der Waals surface area contributed by atoms with Gasteiger partial charge in [0, 0.05) is 18.0 Å². The molecule has 0 aliphatic heterocycles. The lowest BCUT2D eigenvalue weighted by Crippen LogP contribution is -2.36. The third-order valence-corrected chi connectivity index (χ3v) is 8.11. The van der Waals surface area contributed by atoms with Gasteiger partial charge in [-0.05, 0) is 38.3 Å². The van der Waals surface area contributed by atoms with Crippen molar-refractivity contribution in [2.45, 2.75) is 45.4 Å². The second kappa shape index (κ2) is 11.1. The van der Waals surface area contributed by atoms with Gasteiger partial charge in [0.25, 0.3) is 0 Å². The molecule has 12 nitrogen and oxygen atoms in total. The number of rotatable bonds is 10. The molecule has 0 amide bonds. The normalized spacial score (nSPS) is 24.0. The van der Waals surface area contributed by atoms with E-state index < -0.39 is 31.8 Å². The number of esters is 1. The fourth-order valence-electron chi connectivity index (χ4n) is 4.62. The van der Waals surface area contributed by atoms with Gasteiger partial charge in [-0.25, -0.2) is 14.5 Å². The quantitative estimate of drug-likeness (QED) is 0.223. The van der Waals surface area contributed by atoms with Gasteiger partial charge in [0.2, 0.25) is 0 Å². The lowest BCUT2D eigenvalue weighted by molar-refractivity contribution is -0.144. The zero-order valence-electron chi connectivity index (χ0n) is 21.0. The molecule has 3 unspecified atom stereocenters. The Balaban J connectivity index is 1.60. The zero-order valence-corrected chi connectivity index (χ0v) is 21.9. The van der Waals surface area contributed by atoms with Crippen LogP contribution < -0.4 is 21.1 Å². The molecule has 0 radical (unpaired) electrons. The Morgan fingerprint density at radius 1 is 1.32 bits per heavy atom. The predicted molar refractivity (Wildman–Crippen MR) is 139 cm³/mol. The number of carbonyl (C=O) groups excluding carboxylic acids is 1. The van der Waals surface area contributed by atoms with Crippen molar-refractivity contribution in [3.8, 4) is 5.75 Å². The molecule has 1 aromatic carbocycles. The van der Waals surface area contributed by atoms with E-state index in [9.17, 15) is 14.5 Å². The number of nitrogens with two attached hydrogens (primary N) is 2. The second-order valence-electron chi connectivity index (χ2n) is 9.20. The van der Waals surface area contributed by atoms with Gasteiger partial charge in [-0.2, -0.15) is 5.09 Å². The van der Waals surface area contributed by atoms with Crippen LogP contribution in [0, 0.1) is 11.8 Å². The Kier molecular flexibility index (Phi) is 8.03. The van der Waals surface area contributed by atoms with Gasteiger partial charge in [-0.3, -0.25) is 9.32 Å². The van der Waals surface area contributed by atoms with Crippen LogP contribution in [0.1, 0.15) is 33.2 Å². The second-order valence-corrected chi connectivity index (χ2v) is 10.9. The van der Waals surface area contributed by atoms with Crippen LogP contribution in [0.4, 0.5) is 11.5 Å². The molecule has 37 heavy (non-hydrogen) atoms. The molecule has 6 N–H and O–H groups in total. The summed E-state index contributed by atoms with van der Waals surface area (Å²) >= 11 is 0. The smallest absolute Gasteiger partial charge is 0.459 e. The van der Waals surface area contributed by atoms with E-state index >= 15 is 0 Å². The van der Waals surface area contributed by atoms with E-state index in [4.69, 9.17) is 25.3 Å². The summed E-state index contributed by atoms with van der Waals surface area (Å²) < 4.78 is 32.3. The van der Waals surface area contributed by atoms with Crippen molar-refractivity contribution in [3.05, 3.63) is 42.7 Å². The van der Waals surface area contributed by atoms with E-state index in [1.165, 1.54) is 6.92 Å². The molecule has 6 atom stereocenters. The number of anilines is 2. The number of pyridine rings is 1. The van der Waals surface area contributed by atoms with Crippen molar-refractivity contribution in [3.63, 3.8) is 0 Å². The van der Waals surface area contributed by atoms with E-state index in [-0.39, 0.29) is 31.0 Å². The fraction of sp³-hybridized carbons (Fsp3) is 0.458. The molecule has 1 fully saturated rings. The van der Waals surface area contributed by atoms with E-state index in [0.717, 1.165) is 0 Å². The lowest BCUT2D eigenvalue weighted by Gasteiger charge is -2.27. The van der Waals surface area contributed by atoms with Crippen molar-refractivity contribution in [2.75, 3.05) is 24.7 Å². The van der Waals surface area contributed by atoms with Crippen LogP contribution in [0.3, 0.4) is 0 Å². The molecule has 3 aromatic rings. The Labute approximate surface area is 214 Å². The number of aromatic nitrogens is 3. The van der Waals surface area contributed by atoms with E-state index in [2.05, 4.69) is 15.1 Å². The SMILES string of the molecule is CCOC(=O)[C@H](C)NP(=O)(OCC1C(n2cnc3c(N)cc(N)nc32)C[C@@H](C)[C@@H]1O)Oc1ccccc1. The van der Waals surface area contributed by atoms with E-state index in [0.29, 0.717) is 29.0 Å². The summed E-state index contributed by atoms with van der Waals surface area (Å²) in [5, 5.41) is 13.7. The Hall–Kier alpha value is -3.18. The summed E-state index contributed by atoms with van der Waals surface area (Å²) in [5.41, 5.74) is 13.4. The number of aliphatic hydroxyl groups is 1. The maximum absolute atomic E-state index is 13.8. The number of benzene rings is 1. The van der Waals surface area contributed by atoms with Crippen LogP contribution in [0.5, 0.6) is 5.75 Å². The number of imidazole rings is 1. The first-order valence-corrected chi connectivity index (χ1v) is 13.7. The van der Waals surface area contributed by atoms with Crippen LogP contribution in [0.25, 0.3) is 11.2 Å². The molecule has 1 saturated carbocycles. The molecule has 200 valence electrons. The molecule has 13 heteroatoms. The third-order valence-electron chi connectivity index (χ3n) is 6.46. The standard InChI is InChI=1S/C24H33N6O6P/c1-4-34-24(32)15(3)29-37(33,36-16-8-6-5-7-9-16)35-12-17-19(10-14(2)22(17)31)30-13-27-21-18(25)11-20(26)28-23(21)30/h5-9,11,13-15,17,19,22,31H,4,10,12H2,1-3H3,(H,29,33)(H4,25,26,28)/t14-,15+,17?,19?,22+,37?/m1/s1. The average Bonchev–Trinajstić information content (AvgIpc) is 3.39. The van der Waals surface area contributed by atoms with Crippen molar-refractivity contribution in [1.82, 2.24) is 19.6 Å². The molecule has 2 aromatic heterocycles. The fourth-order valence-corrected chi connectivity index (χ4v) is 6.15. The summed E-state index contributed by atoms with van der Waals surface area (Å²) in [7, 11) is -4.08. The molecule has 0 saturated heterocycles. The number of carbonyl (C=O) groups is 1. The van der Waals surface area contributed by atoms with Crippen LogP contribution in [-0.4, -0.2) is 51.0 Å². The highest BCUT2D eigenvalue weighted by molar-refractivity contribution is 7.52. The number of nitrogens with one attached hydrogen (secondary N) is 1. The average molecular weight is 533 g/mol. The summed E-state index contributed by atoms with van der Waals surface area (Å²) in [6.45, 7) is 5.15. The molecule has 0 bridgehead atoms. The highest BCUT2D eigenvalue weighted by Crippen LogP contribution is 2.48. The van der Waals surface area contributed by atoms with E-state index in [1.54, 1.807) is 49.6 Å². The van der Waals surface area contributed by atoms with Gasteiger partial charge in [0.15, 0.2) is 5.65 Å². The number of nitrogens with zero attached hydrogens (tertiary/aromatic N) is 3. The molecule has 1 aliphatic carbocycles. The van der Waals surface area contributed by atoms with E-state index in [1.807, 2.05) is 11.5 Å². The first-order valence-electron chi connectivity index (χ1n) is 12.1. The highest BCUT2D eigenvalue weighted by Gasteiger charge is 2.44. The van der Waals surface area contributed by atoms with Crippen LogP contribution >= 0.6 is 7.75 Å². The van der Waals surface area contributed by atoms with Gasteiger partial charge < -0.3 is 30.4 Å². The van der Waals surface area contributed by atoms with Crippen molar-refractivity contribution in [2.24, 2.45) is 11.8 Å². The summed E-state index contributed by atoms with van der Waals surface area (Å²) in [4.78, 5) is 21.0. The minimum Gasteiger partial charge on any atom is -0.465 e. The summed E-state index contributed by atoms with van der Waals surface area (Å²) in [6.07, 6.45) is 1.43. The molecule has 0 spiro atoms. The van der Waals surface area contributed by atoms with Gasteiger partial charge >= 0.3 is 13.7 Å². The Morgan fingerprint density at radius 2 is 2.05 bits per heavy atom. The van der Waals surface area contributed by atoms with Gasteiger partial charge in [-0.1, -0.05) is 25.1 Å². The number of aliphatic hydroxyl groups excluding tert-OH is 1. The minimum atomic E-state index is -4.08. The first-order chi connectivity index (χ1) is 17.6. The topological polar surface area (TPSA) is 177 Å². The number of nitrogen functional groups attached to an aromatic ring is 2. The monoisotopic (exact) mass is 532 g/mol. The molecule has 2 heterocycles. The molecule has 4 rings (SSSR count). The zero-order chi connectivity index (χ0) is 26.7. The summed E-state index contributed by atoms with van der Waals surface area (Å²) in [5.74, 6) is -0.632. The first kappa shape index (κ1) is 26.9. The minimum absolute atomic E-state index is 0.0877. The maximum Gasteiger partial charge on any atom is 0.459 e. The van der Waals surface area contributed by atoms with Crippen LogP contribution in [-0.2, 0) is 18.6 Å². The van der Waals surface area contributed by atoms with Crippen molar-refractivity contribution >= 4 is 36.4 Å². The highest BCUT2D eigenvalue weighted by atomic mass is 31.2. The Morgan fingerprint density at radius 3 is 2.76 bits per heavy atom. The van der Waals surface area contributed by atoms with Gasteiger partial charge in [-0.15, -0.1) is 0 Å². The van der Waals surface area contributed by atoms with Crippen molar-refractivity contribution in [1.29, 1.82) is 0 Å².